The van der Waals surface area contributed by atoms with Gasteiger partial charge in [-0.05, 0) is 25.2 Å². The van der Waals surface area contributed by atoms with E-state index in [4.69, 9.17) is 14.2 Å². The maximum absolute atomic E-state index is 12.8. The van der Waals surface area contributed by atoms with Gasteiger partial charge in [-0.3, -0.25) is 14.4 Å². The van der Waals surface area contributed by atoms with E-state index in [1.807, 2.05) is 0 Å². The fourth-order valence-corrected chi connectivity index (χ4v) is 9.60. The molecule has 0 rings (SSSR count). The standard InChI is InChI=1S/C62H120O6/c1-5-8-10-12-14-16-18-20-25-30-33-37-41-45-49-53-60(63)66-56-59(68-62(65)55-51-47-43-39-35-28-19-17-15-13-11-9-6-2)57-67-61(64)54-50-46-42-38-34-31-27-24-22-21-23-26-29-32-36-40-44-48-52-58(4)7-3/h58-59H,5-57H2,1-4H3/t58?,59-/m1/s1. The van der Waals surface area contributed by atoms with E-state index in [-0.39, 0.29) is 31.1 Å². The molecular weight excluding hydrogens is 841 g/mol. The van der Waals surface area contributed by atoms with E-state index in [0.717, 1.165) is 63.7 Å². The van der Waals surface area contributed by atoms with E-state index in [0.29, 0.717) is 19.3 Å². The van der Waals surface area contributed by atoms with Crippen molar-refractivity contribution in [1.29, 1.82) is 0 Å². The van der Waals surface area contributed by atoms with Gasteiger partial charge >= 0.3 is 17.9 Å². The highest BCUT2D eigenvalue weighted by atomic mass is 16.6. The van der Waals surface area contributed by atoms with E-state index in [1.54, 1.807) is 0 Å². The van der Waals surface area contributed by atoms with Crippen molar-refractivity contribution >= 4 is 17.9 Å². The summed E-state index contributed by atoms with van der Waals surface area (Å²) in [5.74, 6) is 0.0795. The number of unbranched alkanes of at least 4 members (excludes halogenated alkanes) is 43. The molecule has 0 heterocycles. The van der Waals surface area contributed by atoms with Crippen LogP contribution in [0.15, 0.2) is 0 Å². The summed E-state index contributed by atoms with van der Waals surface area (Å²) < 4.78 is 16.9. The summed E-state index contributed by atoms with van der Waals surface area (Å²) in [7, 11) is 0. The third kappa shape index (κ3) is 53.8. The molecule has 0 aliphatic rings. The molecule has 0 bridgehead atoms. The van der Waals surface area contributed by atoms with Crippen LogP contribution in [0.2, 0.25) is 0 Å². The molecule has 0 aromatic heterocycles. The second-order valence-electron chi connectivity index (χ2n) is 21.6. The minimum absolute atomic E-state index is 0.0614. The Bertz CT molecular complexity index is 1030. The van der Waals surface area contributed by atoms with Gasteiger partial charge in [-0.25, -0.2) is 0 Å². The molecule has 6 nitrogen and oxygen atoms in total. The average molecular weight is 962 g/mol. The Labute approximate surface area is 425 Å². The number of hydrogen-bond donors (Lipinski definition) is 0. The first kappa shape index (κ1) is 66.4. The first-order valence-corrected chi connectivity index (χ1v) is 30.9. The zero-order chi connectivity index (χ0) is 49.5. The molecule has 1 unspecified atom stereocenters. The zero-order valence-electron chi connectivity index (χ0n) is 46.6. The molecule has 0 aromatic rings. The van der Waals surface area contributed by atoms with Crippen molar-refractivity contribution in [1.82, 2.24) is 0 Å². The monoisotopic (exact) mass is 961 g/mol. The van der Waals surface area contributed by atoms with E-state index in [1.165, 1.54) is 250 Å². The number of carbonyl (C=O) groups is 3. The molecule has 0 radical (unpaired) electrons. The molecule has 404 valence electrons. The third-order valence-corrected chi connectivity index (χ3v) is 14.7. The Kier molecular flexibility index (Phi) is 55.0. The smallest absolute Gasteiger partial charge is 0.306 e. The fraction of sp³-hybridized carbons (Fsp3) is 0.952. The van der Waals surface area contributed by atoms with Crippen LogP contribution < -0.4 is 0 Å². The summed E-state index contributed by atoms with van der Waals surface area (Å²) in [5.41, 5.74) is 0. The van der Waals surface area contributed by atoms with Gasteiger partial charge in [0.05, 0.1) is 0 Å². The Morgan fingerprint density at radius 2 is 0.515 bits per heavy atom. The lowest BCUT2D eigenvalue weighted by Crippen LogP contribution is -2.30. The number of ether oxygens (including phenoxy) is 3. The Hall–Kier alpha value is -1.59. The van der Waals surface area contributed by atoms with Crippen LogP contribution in [0.4, 0.5) is 0 Å². The normalized spacial score (nSPS) is 12.4. The lowest BCUT2D eigenvalue weighted by atomic mass is 9.99. The highest BCUT2D eigenvalue weighted by Gasteiger charge is 2.19. The van der Waals surface area contributed by atoms with Gasteiger partial charge in [0, 0.05) is 19.3 Å². The van der Waals surface area contributed by atoms with E-state index >= 15 is 0 Å². The fourth-order valence-electron chi connectivity index (χ4n) is 9.60. The van der Waals surface area contributed by atoms with Crippen LogP contribution in [0.25, 0.3) is 0 Å². The zero-order valence-corrected chi connectivity index (χ0v) is 46.6. The van der Waals surface area contributed by atoms with Gasteiger partial charge in [-0.2, -0.15) is 0 Å². The number of carbonyl (C=O) groups excluding carboxylic acids is 3. The second-order valence-corrected chi connectivity index (χ2v) is 21.6. The topological polar surface area (TPSA) is 78.9 Å². The first-order chi connectivity index (χ1) is 33.4. The molecule has 0 fully saturated rings. The summed E-state index contributed by atoms with van der Waals surface area (Å²) in [5, 5.41) is 0. The second kappa shape index (κ2) is 56.3. The Morgan fingerprint density at radius 1 is 0.294 bits per heavy atom. The van der Waals surface area contributed by atoms with Crippen LogP contribution >= 0.6 is 0 Å². The van der Waals surface area contributed by atoms with Gasteiger partial charge in [0.25, 0.3) is 0 Å². The largest absolute Gasteiger partial charge is 0.462 e. The van der Waals surface area contributed by atoms with Gasteiger partial charge < -0.3 is 14.2 Å². The van der Waals surface area contributed by atoms with Crippen molar-refractivity contribution < 1.29 is 28.6 Å². The van der Waals surface area contributed by atoms with Crippen molar-refractivity contribution in [2.75, 3.05) is 13.2 Å². The maximum Gasteiger partial charge on any atom is 0.306 e. The van der Waals surface area contributed by atoms with Crippen molar-refractivity contribution in [3.05, 3.63) is 0 Å². The SMILES string of the molecule is CCCCCCCCCCCCCCCCCC(=O)OC[C@H](COC(=O)CCCCCCCCCCCCCCCCCCCCC(C)CC)OC(=O)CCCCCCCCCCCCCCC. The highest BCUT2D eigenvalue weighted by molar-refractivity contribution is 5.71. The molecule has 0 amide bonds. The van der Waals surface area contributed by atoms with Crippen molar-refractivity contribution in [2.24, 2.45) is 5.92 Å². The van der Waals surface area contributed by atoms with E-state index < -0.39 is 6.10 Å². The average Bonchev–Trinajstić information content (AvgIpc) is 3.34. The highest BCUT2D eigenvalue weighted by Crippen LogP contribution is 2.19. The minimum atomic E-state index is -0.762. The summed E-state index contributed by atoms with van der Waals surface area (Å²) in [6.45, 7) is 9.12. The van der Waals surface area contributed by atoms with Crippen molar-refractivity contribution in [3.63, 3.8) is 0 Å². The summed E-state index contributed by atoms with van der Waals surface area (Å²) in [6.07, 6.45) is 62.4. The van der Waals surface area contributed by atoms with Crippen LogP contribution in [0.5, 0.6) is 0 Å². The molecule has 0 aliphatic carbocycles. The van der Waals surface area contributed by atoms with Crippen molar-refractivity contribution in [2.45, 2.75) is 361 Å². The molecule has 2 atom stereocenters. The third-order valence-electron chi connectivity index (χ3n) is 14.7. The molecule has 6 heteroatoms. The van der Waals surface area contributed by atoms with Crippen LogP contribution in [0.1, 0.15) is 355 Å². The predicted molar refractivity (Wildman–Crippen MR) is 293 cm³/mol. The lowest BCUT2D eigenvalue weighted by molar-refractivity contribution is -0.167. The minimum Gasteiger partial charge on any atom is -0.462 e. The van der Waals surface area contributed by atoms with Crippen LogP contribution in [0.3, 0.4) is 0 Å². The van der Waals surface area contributed by atoms with Crippen LogP contribution in [0, 0.1) is 5.92 Å². The van der Waals surface area contributed by atoms with E-state index in [2.05, 4.69) is 27.7 Å². The van der Waals surface area contributed by atoms with Gasteiger partial charge in [-0.1, -0.05) is 317 Å². The Morgan fingerprint density at radius 3 is 0.765 bits per heavy atom. The molecule has 0 aromatic carbocycles. The predicted octanol–water partition coefficient (Wildman–Crippen LogP) is 20.6. The number of esters is 3. The first-order valence-electron chi connectivity index (χ1n) is 30.9. The van der Waals surface area contributed by atoms with Crippen molar-refractivity contribution in [3.8, 4) is 0 Å². The lowest BCUT2D eigenvalue weighted by Gasteiger charge is -2.18. The molecular formula is C62H120O6. The molecule has 0 spiro atoms. The maximum atomic E-state index is 12.8. The van der Waals surface area contributed by atoms with Gasteiger partial charge in [0.2, 0.25) is 0 Å². The number of rotatable bonds is 57. The van der Waals surface area contributed by atoms with Gasteiger partial charge in [-0.15, -0.1) is 0 Å². The molecule has 0 saturated carbocycles. The summed E-state index contributed by atoms with van der Waals surface area (Å²) in [4.78, 5) is 38.2. The molecule has 0 saturated heterocycles. The number of hydrogen-bond acceptors (Lipinski definition) is 6. The van der Waals surface area contributed by atoms with Gasteiger partial charge in [0.1, 0.15) is 13.2 Å². The molecule has 0 N–H and O–H groups in total. The summed E-state index contributed by atoms with van der Waals surface area (Å²) in [6, 6.07) is 0. The quantitative estimate of drug-likeness (QED) is 0.0343. The molecule has 0 aliphatic heterocycles. The van der Waals surface area contributed by atoms with Crippen LogP contribution in [-0.4, -0.2) is 37.2 Å². The Balaban J connectivity index is 4.22. The molecule has 68 heavy (non-hydrogen) atoms. The summed E-state index contributed by atoms with van der Waals surface area (Å²) >= 11 is 0. The van der Waals surface area contributed by atoms with Crippen LogP contribution in [-0.2, 0) is 28.6 Å². The van der Waals surface area contributed by atoms with Gasteiger partial charge in [0.15, 0.2) is 6.10 Å². The van der Waals surface area contributed by atoms with E-state index in [9.17, 15) is 14.4 Å².